The molecule has 2 rings (SSSR count). The van der Waals surface area contributed by atoms with E-state index in [1.807, 2.05) is 54.6 Å². The Bertz CT molecular complexity index is 572. The van der Waals surface area contributed by atoms with Gasteiger partial charge >= 0.3 is 0 Å². The lowest BCUT2D eigenvalue weighted by Gasteiger charge is -2.07. The molecule has 0 saturated heterocycles. The smallest absolute Gasteiger partial charge is 0.234 e. The minimum absolute atomic E-state index is 0.000600. The summed E-state index contributed by atoms with van der Waals surface area (Å²) in [5.74, 6) is 2.78. The van der Waals surface area contributed by atoms with Crippen molar-refractivity contribution in [2.24, 2.45) is 0 Å². The number of carbonyl (C=O) groups excluding carboxylic acids is 1. The number of para-hydroxylation sites is 1. The molecule has 0 spiro atoms. The second-order valence-corrected chi connectivity index (χ2v) is 5.60. The molecule has 0 aliphatic rings. The number of methoxy groups -OCH3 is 1. The van der Waals surface area contributed by atoms with Crippen LogP contribution in [0.4, 0.5) is 5.69 Å². The number of nitrogens with one attached hydrogen (secondary N) is 1. The summed E-state index contributed by atoms with van der Waals surface area (Å²) in [5.41, 5.74) is 0.822. The summed E-state index contributed by atoms with van der Waals surface area (Å²) in [4.78, 5) is 11.7. The zero-order chi connectivity index (χ0) is 15.6. The lowest BCUT2D eigenvalue weighted by molar-refractivity contribution is -0.113. The van der Waals surface area contributed by atoms with Crippen molar-refractivity contribution in [3.8, 4) is 11.5 Å². The Morgan fingerprint density at radius 2 is 1.73 bits per heavy atom. The molecule has 0 heterocycles. The Labute approximate surface area is 134 Å². The molecule has 0 saturated carbocycles. The Morgan fingerprint density at radius 1 is 1.05 bits per heavy atom. The molecule has 22 heavy (non-hydrogen) atoms. The van der Waals surface area contributed by atoms with Gasteiger partial charge < -0.3 is 14.8 Å². The van der Waals surface area contributed by atoms with Crippen LogP contribution in [0.25, 0.3) is 0 Å². The molecule has 1 N–H and O–H groups in total. The summed E-state index contributed by atoms with van der Waals surface area (Å²) < 4.78 is 10.7. The summed E-state index contributed by atoms with van der Waals surface area (Å²) in [5, 5.41) is 2.85. The number of carbonyl (C=O) groups is 1. The summed E-state index contributed by atoms with van der Waals surface area (Å²) in [6, 6.07) is 16.9. The highest BCUT2D eigenvalue weighted by atomic mass is 32.2. The summed E-state index contributed by atoms with van der Waals surface area (Å²) in [6.07, 6.45) is 0. The van der Waals surface area contributed by atoms with Crippen LogP contribution in [-0.2, 0) is 4.79 Å². The minimum Gasteiger partial charge on any atom is -0.497 e. The van der Waals surface area contributed by atoms with Crippen LogP contribution in [0.3, 0.4) is 0 Å². The molecule has 0 bridgehead atoms. The van der Waals surface area contributed by atoms with Gasteiger partial charge in [0.25, 0.3) is 0 Å². The number of amides is 1. The van der Waals surface area contributed by atoms with Gasteiger partial charge in [-0.1, -0.05) is 18.2 Å². The number of hydrogen-bond acceptors (Lipinski definition) is 4. The molecule has 0 atom stereocenters. The highest BCUT2D eigenvalue weighted by Gasteiger charge is 2.02. The lowest BCUT2D eigenvalue weighted by Crippen LogP contribution is -2.15. The molecule has 2 aromatic carbocycles. The predicted molar refractivity (Wildman–Crippen MR) is 90.9 cm³/mol. The van der Waals surface area contributed by atoms with E-state index in [2.05, 4.69) is 5.32 Å². The zero-order valence-corrected chi connectivity index (χ0v) is 13.3. The van der Waals surface area contributed by atoms with Crippen molar-refractivity contribution < 1.29 is 14.3 Å². The molecule has 0 aromatic heterocycles. The maximum absolute atomic E-state index is 11.7. The van der Waals surface area contributed by atoms with E-state index < -0.39 is 0 Å². The maximum atomic E-state index is 11.7. The van der Waals surface area contributed by atoms with Crippen molar-refractivity contribution in [1.29, 1.82) is 0 Å². The first kappa shape index (κ1) is 16.2. The van der Waals surface area contributed by atoms with Gasteiger partial charge in [-0.15, -0.1) is 11.8 Å². The van der Waals surface area contributed by atoms with Crippen molar-refractivity contribution in [2.75, 3.05) is 30.5 Å². The molecule has 0 radical (unpaired) electrons. The average molecular weight is 317 g/mol. The second kappa shape index (κ2) is 9.00. The minimum atomic E-state index is 0.000600. The molecule has 5 heteroatoms. The number of thioether (sulfide) groups is 1. The van der Waals surface area contributed by atoms with Gasteiger partial charge in [0.05, 0.1) is 19.5 Å². The van der Waals surface area contributed by atoms with E-state index in [4.69, 9.17) is 9.47 Å². The number of benzene rings is 2. The van der Waals surface area contributed by atoms with Gasteiger partial charge in [0.2, 0.25) is 5.91 Å². The van der Waals surface area contributed by atoms with Gasteiger partial charge in [-0.05, 0) is 36.4 Å². The van der Waals surface area contributed by atoms with Gasteiger partial charge in [0, 0.05) is 11.4 Å². The maximum Gasteiger partial charge on any atom is 0.234 e. The van der Waals surface area contributed by atoms with Crippen LogP contribution in [0.1, 0.15) is 0 Å². The van der Waals surface area contributed by atoms with Crippen molar-refractivity contribution in [2.45, 2.75) is 0 Å². The molecule has 0 aliphatic carbocycles. The highest BCUT2D eigenvalue weighted by molar-refractivity contribution is 7.99. The Morgan fingerprint density at radius 3 is 2.41 bits per heavy atom. The van der Waals surface area contributed by atoms with Gasteiger partial charge in [0.1, 0.15) is 11.5 Å². The largest absolute Gasteiger partial charge is 0.497 e. The molecule has 2 aromatic rings. The summed E-state index contributed by atoms with van der Waals surface area (Å²) >= 11 is 1.55. The number of anilines is 1. The first-order chi connectivity index (χ1) is 10.8. The van der Waals surface area contributed by atoms with Gasteiger partial charge in [-0.2, -0.15) is 0 Å². The van der Waals surface area contributed by atoms with Gasteiger partial charge in [-0.25, -0.2) is 0 Å². The van der Waals surface area contributed by atoms with Crippen LogP contribution in [-0.4, -0.2) is 31.1 Å². The van der Waals surface area contributed by atoms with E-state index in [1.54, 1.807) is 18.9 Å². The zero-order valence-electron chi connectivity index (χ0n) is 12.5. The summed E-state index contributed by atoms with van der Waals surface area (Å²) in [6.45, 7) is 0.565. The molecule has 0 unspecified atom stereocenters. The monoisotopic (exact) mass is 317 g/mol. The molecular formula is C17H19NO3S. The van der Waals surface area contributed by atoms with Crippen LogP contribution in [0.2, 0.25) is 0 Å². The fourth-order valence-corrected chi connectivity index (χ4v) is 2.38. The number of rotatable bonds is 8. The van der Waals surface area contributed by atoms with Crippen molar-refractivity contribution in [3.05, 3.63) is 54.6 Å². The van der Waals surface area contributed by atoms with E-state index in [9.17, 15) is 4.79 Å². The van der Waals surface area contributed by atoms with E-state index >= 15 is 0 Å². The molecule has 1 amide bonds. The third-order valence-electron chi connectivity index (χ3n) is 2.85. The second-order valence-electron chi connectivity index (χ2n) is 4.49. The Hall–Kier alpha value is -2.14. The number of ether oxygens (including phenoxy) is 2. The molecular weight excluding hydrogens is 298 g/mol. The first-order valence-corrected chi connectivity index (χ1v) is 8.13. The first-order valence-electron chi connectivity index (χ1n) is 6.97. The number of hydrogen-bond donors (Lipinski definition) is 1. The van der Waals surface area contributed by atoms with Crippen molar-refractivity contribution in [1.82, 2.24) is 0 Å². The molecule has 116 valence electrons. The van der Waals surface area contributed by atoms with Crippen LogP contribution in [0.5, 0.6) is 11.5 Å². The van der Waals surface area contributed by atoms with E-state index in [1.165, 1.54) is 0 Å². The van der Waals surface area contributed by atoms with Gasteiger partial charge in [-0.3, -0.25) is 4.79 Å². The van der Waals surface area contributed by atoms with Crippen LogP contribution in [0.15, 0.2) is 54.6 Å². The fourth-order valence-electron chi connectivity index (χ4n) is 1.77. The topological polar surface area (TPSA) is 47.6 Å². The quantitative estimate of drug-likeness (QED) is 0.758. The average Bonchev–Trinajstić information content (AvgIpc) is 2.56. The highest BCUT2D eigenvalue weighted by Crippen LogP contribution is 2.17. The van der Waals surface area contributed by atoms with Crippen LogP contribution in [0, 0.1) is 0 Å². The van der Waals surface area contributed by atoms with Crippen molar-refractivity contribution >= 4 is 23.4 Å². The van der Waals surface area contributed by atoms with E-state index in [0.717, 1.165) is 22.9 Å². The lowest BCUT2D eigenvalue weighted by atomic mass is 10.3. The SMILES string of the molecule is COc1ccc(OCCSCC(=O)Nc2ccccc2)cc1. The normalized spacial score (nSPS) is 10.0. The van der Waals surface area contributed by atoms with Crippen molar-refractivity contribution in [3.63, 3.8) is 0 Å². The molecule has 0 fully saturated rings. The molecule has 4 nitrogen and oxygen atoms in total. The third kappa shape index (κ3) is 5.69. The van der Waals surface area contributed by atoms with Crippen LogP contribution < -0.4 is 14.8 Å². The Balaban J connectivity index is 1.59. The molecule has 0 aliphatic heterocycles. The predicted octanol–water partition coefficient (Wildman–Crippen LogP) is 3.45. The van der Waals surface area contributed by atoms with E-state index in [-0.39, 0.29) is 5.91 Å². The van der Waals surface area contributed by atoms with Gasteiger partial charge in [0.15, 0.2) is 0 Å². The van der Waals surface area contributed by atoms with Crippen LogP contribution >= 0.6 is 11.8 Å². The van der Waals surface area contributed by atoms with E-state index in [0.29, 0.717) is 12.4 Å². The fraction of sp³-hybridized carbons (Fsp3) is 0.235. The standard InChI is InChI=1S/C17H19NO3S/c1-20-15-7-9-16(10-8-15)21-11-12-22-13-17(19)18-14-5-3-2-4-6-14/h2-10H,11-13H2,1H3,(H,18,19). The Kier molecular flexibility index (Phi) is 6.64. The third-order valence-corrected chi connectivity index (χ3v) is 3.77. The summed E-state index contributed by atoms with van der Waals surface area (Å²) in [7, 11) is 1.63.